The Labute approximate surface area is 107 Å². The van der Waals surface area contributed by atoms with Crippen LogP contribution >= 0.6 is 0 Å². The molecule has 1 fully saturated rings. The zero-order chi connectivity index (χ0) is 13.2. The molecule has 1 saturated heterocycles. The molecule has 0 radical (unpaired) electrons. The lowest BCUT2D eigenvalue weighted by atomic mass is 10.1. The van der Waals surface area contributed by atoms with E-state index in [2.05, 4.69) is 4.72 Å². The standard InChI is InChI=1S/C12H17NO4S/c1-9-8-10(6-7-17-9)13-18(15,16)12-4-2-11(14)3-5-12/h2-5,9-10,13-14H,6-8H2,1H3. The molecule has 1 aromatic rings. The summed E-state index contributed by atoms with van der Waals surface area (Å²) in [4.78, 5) is 0.166. The van der Waals surface area contributed by atoms with Gasteiger partial charge >= 0.3 is 0 Å². The molecule has 1 aliphatic heterocycles. The van der Waals surface area contributed by atoms with Gasteiger partial charge in [-0.3, -0.25) is 0 Å². The van der Waals surface area contributed by atoms with Gasteiger partial charge in [-0.25, -0.2) is 13.1 Å². The predicted molar refractivity (Wildman–Crippen MR) is 66.9 cm³/mol. The Balaban J connectivity index is 2.09. The molecule has 0 spiro atoms. The molecule has 2 rings (SSSR count). The van der Waals surface area contributed by atoms with Crippen LogP contribution in [-0.2, 0) is 14.8 Å². The Kier molecular flexibility index (Phi) is 3.89. The van der Waals surface area contributed by atoms with Crippen molar-refractivity contribution in [1.82, 2.24) is 4.72 Å². The molecule has 0 saturated carbocycles. The lowest BCUT2D eigenvalue weighted by molar-refractivity contribution is 0.0173. The van der Waals surface area contributed by atoms with Crippen molar-refractivity contribution in [3.8, 4) is 5.75 Å². The van der Waals surface area contributed by atoms with Crippen molar-refractivity contribution >= 4 is 10.0 Å². The summed E-state index contributed by atoms with van der Waals surface area (Å²) in [7, 11) is -3.52. The molecule has 0 bridgehead atoms. The first-order valence-electron chi connectivity index (χ1n) is 5.90. The average molecular weight is 271 g/mol. The maximum atomic E-state index is 12.1. The highest BCUT2D eigenvalue weighted by molar-refractivity contribution is 7.89. The van der Waals surface area contributed by atoms with Gasteiger partial charge in [-0.1, -0.05) is 0 Å². The molecule has 2 N–H and O–H groups in total. The second-order valence-electron chi connectivity index (χ2n) is 4.52. The van der Waals surface area contributed by atoms with E-state index in [0.717, 1.165) is 0 Å². The van der Waals surface area contributed by atoms with E-state index in [1.54, 1.807) is 0 Å². The smallest absolute Gasteiger partial charge is 0.240 e. The van der Waals surface area contributed by atoms with Crippen LogP contribution in [0, 0.1) is 0 Å². The third kappa shape index (κ3) is 3.22. The Morgan fingerprint density at radius 2 is 2.00 bits per heavy atom. The van der Waals surface area contributed by atoms with Crippen molar-refractivity contribution in [2.24, 2.45) is 0 Å². The summed E-state index contributed by atoms with van der Waals surface area (Å²) in [5.41, 5.74) is 0. The van der Waals surface area contributed by atoms with E-state index < -0.39 is 10.0 Å². The van der Waals surface area contributed by atoms with Crippen molar-refractivity contribution in [3.05, 3.63) is 24.3 Å². The summed E-state index contributed by atoms with van der Waals surface area (Å²) >= 11 is 0. The lowest BCUT2D eigenvalue weighted by Gasteiger charge is -2.27. The third-order valence-corrected chi connectivity index (χ3v) is 4.49. The third-order valence-electron chi connectivity index (χ3n) is 2.95. The van der Waals surface area contributed by atoms with Crippen LogP contribution in [0.2, 0.25) is 0 Å². The molecule has 0 aromatic heterocycles. The summed E-state index contributed by atoms with van der Waals surface area (Å²) in [6.45, 7) is 2.50. The minimum absolute atomic E-state index is 0.0497. The van der Waals surface area contributed by atoms with E-state index in [-0.39, 0.29) is 22.8 Å². The monoisotopic (exact) mass is 271 g/mol. The first-order chi connectivity index (χ1) is 8.47. The molecular weight excluding hydrogens is 254 g/mol. The number of phenolic OH excluding ortho intramolecular Hbond substituents is 1. The molecule has 1 aromatic carbocycles. The summed E-state index contributed by atoms with van der Waals surface area (Å²) in [6.07, 6.45) is 1.44. The fourth-order valence-electron chi connectivity index (χ4n) is 2.02. The van der Waals surface area contributed by atoms with Gasteiger partial charge in [0.15, 0.2) is 0 Å². The fourth-order valence-corrected chi connectivity index (χ4v) is 3.30. The molecular formula is C12H17NO4S. The van der Waals surface area contributed by atoms with Crippen molar-refractivity contribution in [2.45, 2.75) is 36.8 Å². The number of benzene rings is 1. The lowest BCUT2D eigenvalue weighted by Crippen LogP contribution is -2.41. The number of phenols is 1. The molecule has 0 aliphatic carbocycles. The molecule has 1 aliphatic rings. The summed E-state index contributed by atoms with van der Waals surface area (Å²) < 4.78 is 32.2. The van der Waals surface area contributed by atoms with Crippen LogP contribution in [0.5, 0.6) is 5.75 Å². The molecule has 2 atom stereocenters. The first-order valence-corrected chi connectivity index (χ1v) is 7.38. The van der Waals surface area contributed by atoms with Gasteiger partial charge in [-0.2, -0.15) is 0 Å². The first kappa shape index (κ1) is 13.3. The van der Waals surface area contributed by atoms with Crippen molar-refractivity contribution < 1.29 is 18.3 Å². The van der Waals surface area contributed by atoms with Crippen LogP contribution in [0.4, 0.5) is 0 Å². The summed E-state index contributed by atoms with van der Waals surface area (Å²) in [5, 5.41) is 9.15. The van der Waals surface area contributed by atoms with Gasteiger partial charge in [0.25, 0.3) is 0 Å². The van der Waals surface area contributed by atoms with Gasteiger partial charge in [0.2, 0.25) is 10.0 Å². The van der Waals surface area contributed by atoms with Gasteiger partial charge < -0.3 is 9.84 Å². The zero-order valence-electron chi connectivity index (χ0n) is 10.2. The second-order valence-corrected chi connectivity index (χ2v) is 6.23. The topological polar surface area (TPSA) is 75.6 Å². The molecule has 100 valence electrons. The minimum Gasteiger partial charge on any atom is -0.508 e. The highest BCUT2D eigenvalue weighted by Gasteiger charge is 2.24. The van der Waals surface area contributed by atoms with Crippen LogP contribution < -0.4 is 4.72 Å². The number of nitrogens with one attached hydrogen (secondary N) is 1. The van der Waals surface area contributed by atoms with E-state index >= 15 is 0 Å². The molecule has 1 heterocycles. The highest BCUT2D eigenvalue weighted by atomic mass is 32.2. The minimum atomic E-state index is -3.52. The fraction of sp³-hybridized carbons (Fsp3) is 0.500. The zero-order valence-corrected chi connectivity index (χ0v) is 11.0. The van der Waals surface area contributed by atoms with Crippen molar-refractivity contribution in [1.29, 1.82) is 0 Å². The number of hydrogen-bond donors (Lipinski definition) is 2. The van der Waals surface area contributed by atoms with Gasteiger partial charge in [0.05, 0.1) is 11.0 Å². The predicted octanol–water partition coefficient (Wildman–Crippen LogP) is 1.24. The number of sulfonamides is 1. The van der Waals surface area contributed by atoms with Gasteiger partial charge in [0.1, 0.15) is 5.75 Å². The Morgan fingerprint density at radius 3 is 2.61 bits per heavy atom. The van der Waals surface area contributed by atoms with E-state index in [1.165, 1.54) is 24.3 Å². The largest absolute Gasteiger partial charge is 0.508 e. The molecule has 6 heteroatoms. The van der Waals surface area contributed by atoms with Crippen LogP contribution in [0.15, 0.2) is 29.2 Å². The van der Waals surface area contributed by atoms with E-state index in [4.69, 9.17) is 9.84 Å². The number of ether oxygens (including phenoxy) is 1. The number of hydrogen-bond acceptors (Lipinski definition) is 4. The van der Waals surface area contributed by atoms with E-state index in [9.17, 15) is 8.42 Å². The summed E-state index contributed by atoms with van der Waals surface area (Å²) in [6, 6.07) is 5.41. The van der Waals surface area contributed by atoms with Crippen LogP contribution in [0.1, 0.15) is 19.8 Å². The van der Waals surface area contributed by atoms with E-state index in [1.807, 2.05) is 6.92 Å². The molecule has 0 amide bonds. The maximum absolute atomic E-state index is 12.1. The van der Waals surface area contributed by atoms with Crippen molar-refractivity contribution in [3.63, 3.8) is 0 Å². The molecule has 18 heavy (non-hydrogen) atoms. The quantitative estimate of drug-likeness (QED) is 0.867. The van der Waals surface area contributed by atoms with Crippen LogP contribution in [0.3, 0.4) is 0 Å². The summed E-state index contributed by atoms with van der Waals surface area (Å²) in [5.74, 6) is 0.0497. The SMILES string of the molecule is CC1CC(NS(=O)(=O)c2ccc(O)cc2)CCO1. The van der Waals surface area contributed by atoms with E-state index in [0.29, 0.717) is 19.4 Å². The highest BCUT2D eigenvalue weighted by Crippen LogP contribution is 2.18. The molecule has 5 nitrogen and oxygen atoms in total. The normalized spacial score (nSPS) is 24.9. The Bertz CT molecular complexity index is 497. The average Bonchev–Trinajstić information content (AvgIpc) is 2.29. The van der Waals surface area contributed by atoms with Crippen LogP contribution in [-0.4, -0.2) is 32.3 Å². The van der Waals surface area contributed by atoms with Gasteiger partial charge in [-0.05, 0) is 44.0 Å². The van der Waals surface area contributed by atoms with Crippen LogP contribution in [0.25, 0.3) is 0 Å². The Morgan fingerprint density at radius 1 is 1.33 bits per heavy atom. The Hall–Kier alpha value is -1.11. The number of rotatable bonds is 3. The maximum Gasteiger partial charge on any atom is 0.240 e. The number of aromatic hydroxyl groups is 1. The van der Waals surface area contributed by atoms with Gasteiger partial charge in [0, 0.05) is 12.6 Å². The van der Waals surface area contributed by atoms with Gasteiger partial charge in [-0.15, -0.1) is 0 Å². The van der Waals surface area contributed by atoms with Crippen molar-refractivity contribution in [2.75, 3.05) is 6.61 Å². The second kappa shape index (κ2) is 5.26. The molecule has 2 unspecified atom stereocenters.